The molecule has 226 valence electrons. The van der Waals surface area contributed by atoms with Crippen molar-refractivity contribution < 1.29 is 4.74 Å². The molecule has 49 heavy (non-hydrogen) atoms. The Labute approximate surface area is 283 Å². The van der Waals surface area contributed by atoms with Crippen LogP contribution in [0.2, 0.25) is 0 Å². The highest BCUT2D eigenvalue weighted by Gasteiger charge is 2.21. The van der Waals surface area contributed by atoms with Crippen LogP contribution in [0, 0.1) is 0 Å². The number of para-hydroxylation sites is 1. The fraction of sp³-hybridized carbons (Fsp3) is 0. The van der Waals surface area contributed by atoms with Gasteiger partial charge in [0.15, 0.2) is 0 Å². The van der Waals surface area contributed by atoms with Gasteiger partial charge in [-0.25, -0.2) is 0 Å². The van der Waals surface area contributed by atoms with Crippen LogP contribution in [0.1, 0.15) is 0 Å². The fourth-order valence-corrected chi connectivity index (χ4v) is 8.43. The molecular formula is C48H28O. The van der Waals surface area contributed by atoms with Crippen molar-refractivity contribution >= 4 is 64.6 Å². The summed E-state index contributed by atoms with van der Waals surface area (Å²) in [6.07, 6.45) is 0. The molecule has 0 bridgehead atoms. The molecule has 1 heteroatoms. The van der Waals surface area contributed by atoms with Gasteiger partial charge in [-0.15, -0.1) is 0 Å². The third-order valence-corrected chi connectivity index (χ3v) is 10.6. The van der Waals surface area contributed by atoms with Gasteiger partial charge < -0.3 is 4.74 Å². The molecule has 0 fully saturated rings. The smallest absolute Gasteiger partial charge is 0.135 e. The van der Waals surface area contributed by atoms with E-state index >= 15 is 0 Å². The van der Waals surface area contributed by atoms with Crippen LogP contribution in [0.25, 0.3) is 98.0 Å². The van der Waals surface area contributed by atoms with Crippen LogP contribution in [-0.4, -0.2) is 0 Å². The molecule has 10 aromatic rings. The minimum Gasteiger partial charge on any atom is -0.456 e. The van der Waals surface area contributed by atoms with Crippen molar-refractivity contribution in [1.29, 1.82) is 0 Å². The van der Waals surface area contributed by atoms with E-state index in [-0.39, 0.29) is 0 Å². The van der Waals surface area contributed by atoms with E-state index in [1.165, 1.54) is 92.5 Å². The molecule has 11 rings (SSSR count). The van der Waals surface area contributed by atoms with Gasteiger partial charge in [0.05, 0.1) is 0 Å². The highest BCUT2D eigenvalue weighted by atomic mass is 16.5. The van der Waals surface area contributed by atoms with Crippen LogP contribution in [0.5, 0.6) is 11.5 Å². The zero-order valence-corrected chi connectivity index (χ0v) is 26.6. The topological polar surface area (TPSA) is 9.23 Å². The summed E-state index contributed by atoms with van der Waals surface area (Å²) in [6, 6.07) is 62.1. The Balaban J connectivity index is 1.13. The van der Waals surface area contributed by atoms with Crippen molar-refractivity contribution in [2.24, 2.45) is 0 Å². The first kappa shape index (κ1) is 26.6. The van der Waals surface area contributed by atoms with Crippen LogP contribution in [0.4, 0.5) is 0 Å². The van der Waals surface area contributed by atoms with Gasteiger partial charge in [-0.3, -0.25) is 0 Å². The van der Waals surface area contributed by atoms with Crippen LogP contribution < -0.4 is 4.74 Å². The van der Waals surface area contributed by atoms with Gasteiger partial charge in [0.2, 0.25) is 0 Å². The quantitative estimate of drug-likeness (QED) is 0.138. The summed E-state index contributed by atoms with van der Waals surface area (Å²) in [5, 5.41) is 15.2. The molecule has 0 saturated heterocycles. The normalized spacial score (nSPS) is 12.2. The first-order chi connectivity index (χ1) is 24.3. The van der Waals surface area contributed by atoms with Crippen LogP contribution >= 0.6 is 0 Å². The molecule has 10 aromatic carbocycles. The number of fused-ring (bicyclic) bond motifs is 10. The van der Waals surface area contributed by atoms with Crippen molar-refractivity contribution in [2.75, 3.05) is 0 Å². The Hall–Kier alpha value is -6.44. The molecule has 0 spiro atoms. The molecule has 0 unspecified atom stereocenters. The average molecular weight is 621 g/mol. The Morgan fingerprint density at radius 2 is 0.898 bits per heavy atom. The van der Waals surface area contributed by atoms with Crippen molar-refractivity contribution in [3.05, 3.63) is 170 Å². The molecule has 1 heterocycles. The van der Waals surface area contributed by atoms with E-state index in [4.69, 9.17) is 4.74 Å². The molecule has 0 aliphatic carbocycles. The predicted molar refractivity (Wildman–Crippen MR) is 208 cm³/mol. The zero-order valence-electron chi connectivity index (χ0n) is 26.6. The predicted octanol–water partition coefficient (Wildman–Crippen LogP) is 13.7. The van der Waals surface area contributed by atoms with E-state index < -0.39 is 0 Å². The summed E-state index contributed by atoms with van der Waals surface area (Å²) in [5.74, 6) is 1.83. The molecule has 0 radical (unpaired) electrons. The summed E-state index contributed by atoms with van der Waals surface area (Å²) in [5.41, 5.74) is 7.32. The van der Waals surface area contributed by atoms with Crippen molar-refractivity contribution in [3.8, 4) is 44.9 Å². The van der Waals surface area contributed by atoms with E-state index in [1.54, 1.807) is 0 Å². The fourth-order valence-electron chi connectivity index (χ4n) is 8.43. The van der Waals surface area contributed by atoms with Gasteiger partial charge in [0.25, 0.3) is 0 Å². The lowest BCUT2D eigenvalue weighted by molar-refractivity contribution is 0.487. The Morgan fingerprint density at radius 1 is 0.286 bits per heavy atom. The van der Waals surface area contributed by atoms with Crippen LogP contribution in [0.15, 0.2) is 170 Å². The third kappa shape index (κ3) is 3.82. The van der Waals surface area contributed by atoms with E-state index in [2.05, 4.69) is 158 Å². The van der Waals surface area contributed by atoms with E-state index in [0.29, 0.717) is 0 Å². The molecule has 0 amide bonds. The second-order valence-electron chi connectivity index (χ2n) is 13.2. The Kier molecular flexibility index (Phi) is 5.45. The summed E-state index contributed by atoms with van der Waals surface area (Å²) in [7, 11) is 0. The molecule has 0 atom stereocenters. The standard InChI is InChI=1S/C48H28O/c1-2-11-35-31(10-1)28-43-38-14-4-3-12-36(38)37-13-5-6-16-41(37)48(43)46(35)33-23-21-29-26-32(22-20-30(29)27-33)34-24-25-45-47-40(34)17-9-18-42(47)39-15-7-8-19-44(39)49-45/h1-28H. The van der Waals surface area contributed by atoms with Gasteiger partial charge >= 0.3 is 0 Å². The minimum atomic E-state index is 0.914. The molecule has 0 aromatic heterocycles. The SMILES string of the molecule is c1ccc2c(c1)Oc1ccc(-c3ccc4cc(-c5c6ccccc6cc6c7ccccc7c7ccccc7c56)ccc4c3)c3cccc-2c13. The Bertz CT molecular complexity index is 3020. The molecular weight excluding hydrogens is 593 g/mol. The largest absolute Gasteiger partial charge is 0.456 e. The number of benzene rings is 10. The van der Waals surface area contributed by atoms with Gasteiger partial charge in [0.1, 0.15) is 11.5 Å². The molecule has 0 N–H and O–H groups in total. The van der Waals surface area contributed by atoms with Gasteiger partial charge in [-0.1, -0.05) is 140 Å². The summed E-state index contributed by atoms with van der Waals surface area (Å²) >= 11 is 0. The second kappa shape index (κ2) is 10.0. The lowest BCUT2D eigenvalue weighted by Crippen LogP contribution is -1.97. The molecule has 1 aliphatic rings. The van der Waals surface area contributed by atoms with E-state index in [1.807, 2.05) is 12.1 Å². The number of hydrogen-bond donors (Lipinski definition) is 0. The highest BCUT2D eigenvalue weighted by Crippen LogP contribution is 2.49. The summed E-state index contributed by atoms with van der Waals surface area (Å²) < 4.78 is 6.38. The van der Waals surface area contributed by atoms with Crippen LogP contribution in [0.3, 0.4) is 0 Å². The van der Waals surface area contributed by atoms with Crippen molar-refractivity contribution in [1.82, 2.24) is 0 Å². The molecule has 0 saturated carbocycles. The minimum absolute atomic E-state index is 0.914. The second-order valence-corrected chi connectivity index (χ2v) is 13.2. The third-order valence-electron chi connectivity index (χ3n) is 10.6. The van der Waals surface area contributed by atoms with Gasteiger partial charge in [0, 0.05) is 10.9 Å². The maximum absolute atomic E-state index is 6.38. The van der Waals surface area contributed by atoms with E-state index in [0.717, 1.165) is 17.1 Å². The summed E-state index contributed by atoms with van der Waals surface area (Å²) in [6.45, 7) is 0. The molecule has 1 aliphatic heterocycles. The van der Waals surface area contributed by atoms with Crippen LogP contribution in [-0.2, 0) is 0 Å². The van der Waals surface area contributed by atoms with E-state index in [9.17, 15) is 0 Å². The average Bonchev–Trinajstić information content (AvgIpc) is 3.17. The molecule has 1 nitrogen and oxygen atoms in total. The lowest BCUT2D eigenvalue weighted by Gasteiger charge is -2.22. The van der Waals surface area contributed by atoms with Gasteiger partial charge in [-0.05, 0) is 117 Å². The maximum Gasteiger partial charge on any atom is 0.135 e. The zero-order chi connectivity index (χ0) is 32.1. The lowest BCUT2D eigenvalue weighted by atomic mass is 9.85. The highest BCUT2D eigenvalue weighted by molar-refractivity contribution is 6.32. The first-order valence-electron chi connectivity index (χ1n) is 16.9. The number of ether oxygens (including phenoxy) is 1. The monoisotopic (exact) mass is 620 g/mol. The van der Waals surface area contributed by atoms with Crippen molar-refractivity contribution in [2.45, 2.75) is 0 Å². The Morgan fingerprint density at radius 3 is 1.73 bits per heavy atom. The number of rotatable bonds is 2. The summed E-state index contributed by atoms with van der Waals surface area (Å²) in [4.78, 5) is 0. The van der Waals surface area contributed by atoms with Gasteiger partial charge in [-0.2, -0.15) is 0 Å². The number of hydrogen-bond acceptors (Lipinski definition) is 1. The van der Waals surface area contributed by atoms with Crippen molar-refractivity contribution in [3.63, 3.8) is 0 Å². The first-order valence-corrected chi connectivity index (χ1v) is 16.9. The maximum atomic E-state index is 6.38.